The number of fused-ring (bicyclic) bond motifs is 4. The number of carbonyl (C=O) groups is 1. The number of aromatic amines is 1. The summed E-state index contributed by atoms with van der Waals surface area (Å²) in [5.74, 6) is 1.36. The third kappa shape index (κ3) is 2.29. The van der Waals surface area contributed by atoms with Gasteiger partial charge in [-0.15, -0.1) is 0 Å². The standard InChI is InChI=1S/C21H15BrN2O3/c1-10-16(11(2)25)17-19(23-10)12-5-3-4-6-14(12)24-20(17)13-7-8-15-21(18(13)22)27-9-26-15/h3-8,23H,9H2,1-2H3. The van der Waals surface area contributed by atoms with Crippen LogP contribution < -0.4 is 9.47 Å². The van der Waals surface area contributed by atoms with Crippen molar-refractivity contribution >= 4 is 43.5 Å². The highest BCUT2D eigenvalue weighted by molar-refractivity contribution is 9.10. The molecule has 0 atom stereocenters. The van der Waals surface area contributed by atoms with Crippen LogP contribution in [0.4, 0.5) is 0 Å². The van der Waals surface area contributed by atoms with E-state index in [0.29, 0.717) is 17.1 Å². The fraction of sp³-hybridized carbons (Fsp3) is 0.143. The molecule has 0 fully saturated rings. The van der Waals surface area contributed by atoms with Crippen molar-refractivity contribution in [3.8, 4) is 22.8 Å². The zero-order valence-electron chi connectivity index (χ0n) is 14.7. The number of hydrogen-bond donors (Lipinski definition) is 1. The Morgan fingerprint density at radius 3 is 2.81 bits per heavy atom. The number of hydrogen-bond acceptors (Lipinski definition) is 4. The van der Waals surface area contributed by atoms with Gasteiger partial charge in [0.1, 0.15) is 0 Å². The van der Waals surface area contributed by atoms with Crippen LogP contribution in [0.25, 0.3) is 33.1 Å². The Hall–Kier alpha value is -2.86. The van der Waals surface area contributed by atoms with E-state index in [1.807, 2.05) is 43.3 Å². The van der Waals surface area contributed by atoms with Gasteiger partial charge in [-0.05, 0) is 48.0 Å². The van der Waals surface area contributed by atoms with E-state index in [4.69, 9.17) is 14.5 Å². The summed E-state index contributed by atoms with van der Waals surface area (Å²) in [6.45, 7) is 3.70. The first-order valence-corrected chi connectivity index (χ1v) is 9.36. The summed E-state index contributed by atoms with van der Waals surface area (Å²) in [7, 11) is 0. The first kappa shape index (κ1) is 16.3. The summed E-state index contributed by atoms with van der Waals surface area (Å²) >= 11 is 3.65. The van der Waals surface area contributed by atoms with Gasteiger partial charge >= 0.3 is 0 Å². The number of pyridine rings is 1. The number of nitrogens with one attached hydrogen (secondary N) is 1. The molecule has 0 saturated heterocycles. The second-order valence-corrected chi connectivity index (χ2v) is 7.36. The fourth-order valence-electron chi connectivity index (χ4n) is 3.78. The molecule has 2 aromatic carbocycles. The molecule has 27 heavy (non-hydrogen) atoms. The van der Waals surface area contributed by atoms with Gasteiger partial charge in [0.2, 0.25) is 6.79 Å². The highest BCUT2D eigenvalue weighted by atomic mass is 79.9. The van der Waals surface area contributed by atoms with Crippen LogP contribution in [0.5, 0.6) is 11.5 Å². The Labute approximate surface area is 163 Å². The number of rotatable bonds is 2. The van der Waals surface area contributed by atoms with Crippen LogP contribution in [0.15, 0.2) is 40.9 Å². The number of carbonyl (C=O) groups excluding carboxylic acids is 1. The average Bonchev–Trinajstić information content (AvgIpc) is 3.26. The number of H-pyrrole nitrogens is 1. The minimum atomic E-state index is 0.00828. The largest absolute Gasteiger partial charge is 0.454 e. The number of ether oxygens (including phenoxy) is 2. The van der Waals surface area contributed by atoms with E-state index in [2.05, 4.69) is 20.9 Å². The lowest BCUT2D eigenvalue weighted by molar-refractivity contribution is 0.101. The monoisotopic (exact) mass is 422 g/mol. The number of nitrogens with zero attached hydrogens (tertiary/aromatic N) is 1. The second kappa shape index (κ2) is 5.82. The molecule has 0 radical (unpaired) electrons. The summed E-state index contributed by atoms with van der Waals surface area (Å²) < 4.78 is 11.8. The smallest absolute Gasteiger partial charge is 0.231 e. The van der Waals surface area contributed by atoms with E-state index in [0.717, 1.165) is 43.2 Å². The predicted octanol–water partition coefficient (Wildman–Crippen LogP) is 5.39. The van der Waals surface area contributed by atoms with Gasteiger partial charge in [0.15, 0.2) is 17.3 Å². The number of benzene rings is 2. The van der Waals surface area contributed by atoms with Crippen molar-refractivity contribution in [2.24, 2.45) is 0 Å². The van der Waals surface area contributed by atoms with E-state index in [1.165, 1.54) is 0 Å². The van der Waals surface area contributed by atoms with Gasteiger partial charge < -0.3 is 14.5 Å². The SMILES string of the molecule is CC(=O)c1c(C)[nH]c2c1c(-c1ccc3c(c1Br)OCO3)nc1ccccc12. The zero-order valence-corrected chi connectivity index (χ0v) is 16.3. The summed E-state index contributed by atoms with van der Waals surface area (Å²) in [4.78, 5) is 20.7. The van der Waals surface area contributed by atoms with Gasteiger partial charge in [-0.2, -0.15) is 0 Å². The van der Waals surface area contributed by atoms with E-state index in [9.17, 15) is 4.79 Å². The molecule has 0 amide bonds. The first-order valence-electron chi connectivity index (χ1n) is 8.56. The minimum Gasteiger partial charge on any atom is -0.454 e. The molecule has 5 rings (SSSR count). The molecule has 134 valence electrons. The highest BCUT2D eigenvalue weighted by Gasteiger charge is 2.25. The summed E-state index contributed by atoms with van der Waals surface area (Å²) in [5, 5.41) is 1.82. The number of Topliss-reactive ketones (excluding diaryl/α,β-unsaturated/α-hetero) is 1. The summed E-state index contributed by atoms with van der Waals surface area (Å²) in [6.07, 6.45) is 0. The van der Waals surface area contributed by atoms with Gasteiger partial charge in [0.05, 0.1) is 21.2 Å². The fourth-order valence-corrected chi connectivity index (χ4v) is 4.41. The van der Waals surface area contributed by atoms with Gasteiger partial charge in [-0.25, -0.2) is 4.98 Å². The van der Waals surface area contributed by atoms with Crippen LogP contribution in [0, 0.1) is 6.92 Å². The van der Waals surface area contributed by atoms with Crippen LogP contribution in [0.1, 0.15) is 23.0 Å². The summed E-state index contributed by atoms with van der Waals surface area (Å²) in [5.41, 5.74) is 4.89. The Balaban J connectivity index is 1.95. The number of aromatic nitrogens is 2. The first-order chi connectivity index (χ1) is 13.1. The molecule has 3 heterocycles. The molecule has 1 aliphatic heterocycles. The van der Waals surface area contributed by atoms with E-state index in [-0.39, 0.29) is 12.6 Å². The van der Waals surface area contributed by atoms with Crippen molar-refractivity contribution in [2.45, 2.75) is 13.8 Å². The van der Waals surface area contributed by atoms with E-state index >= 15 is 0 Å². The lowest BCUT2D eigenvalue weighted by Gasteiger charge is -2.11. The number of para-hydroxylation sites is 1. The quantitative estimate of drug-likeness (QED) is 0.440. The zero-order chi connectivity index (χ0) is 18.7. The van der Waals surface area contributed by atoms with Crippen LogP contribution >= 0.6 is 15.9 Å². The molecule has 1 N–H and O–H groups in total. The lowest BCUT2D eigenvalue weighted by Crippen LogP contribution is -1.97. The van der Waals surface area contributed by atoms with Crippen LogP contribution in [-0.2, 0) is 0 Å². The Bertz CT molecular complexity index is 1260. The van der Waals surface area contributed by atoms with Crippen molar-refractivity contribution < 1.29 is 14.3 Å². The van der Waals surface area contributed by atoms with Crippen LogP contribution in [0.3, 0.4) is 0 Å². The molecule has 0 bridgehead atoms. The second-order valence-electron chi connectivity index (χ2n) is 6.57. The van der Waals surface area contributed by atoms with Crippen LogP contribution in [0.2, 0.25) is 0 Å². The Morgan fingerprint density at radius 2 is 2.00 bits per heavy atom. The molecule has 5 nitrogen and oxygen atoms in total. The van der Waals surface area contributed by atoms with Gasteiger partial charge in [-0.1, -0.05) is 18.2 Å². The maximum Gasteiger partial charge on any atom is 0.231 e. The number of aryl methyl sites for hydroxylation is 1. The topological polar surface area (TPSA) is 64.2 Å². The molecular formula is C21H15BrN2O3. The maximum absolute atomic E-state index is 12.4. The van der Waals surface area contributed by atoms with Crippen molar-refractivity contribution in [1.82, 2.24) is 9.97 Å². The average molecular weight is 423 g/mol. The normalized spacial score (nSPS) is 12.9. The molecule has 2 aromatic heterocycles. The van der Waals surface area contributed by atoms with Crippen molar-refractivity contribution in [2.75, 3.05) is 6.79 Å². The van der Waals surface area contributed by atoms with Gasteiger partial charge in [-0.3, -0.25) is 4.79 Å². The third-order valence-electron chi connectivity index (χ3n) is 4.92. The molecule has 1 aliphatic rings. The minimum absolute atomic E-state index is 0.00828. The number of halogens is 1. The number of ketones is 1. The van der Waals surface area contributed by atoms with Gasteiger partial charge in [0.25, 0.3) is 0 Å². The molecule has 6 heteroatoms. The van der Waals surface area contributed by atoms with Gasteiger partial charge in [0, 0.05) is 27.6 Å². The van der Waals surface area contributed by atoms with Crippen molar-refractivity contribution in [3.63, 3.8) is 0 Å². The molecule has 0 saturated carbocycles. The Kier molecular flexibility index (Phi) is 3.52. The molecule has 0 unspecified atom stereocenters. The van der Waals surface area contributed by atoms with E-state index < -0.39 is 0 Å². The van der Waals surface area contributed by atoms with Crippen molar-refractivity contribution in [3.05, 3.63) is 52.1 Å². The third-order valence-corrected chi connectivity index (χ3v) is 5.70. The molecular weight excluding hydrogens is 408 g/mol. The highest BCUT2D eigenvalue weighted by Crippen LogP contribution is 2.46. The Morgan fingerprint density at radius 1 is 1.19 bits per heavy atom. The van der Waals surface area contributed by atoms with Crippen LogP contribution in [-0.4, -0.2) is 22.5 Å². The molecule has 0 aliphatic carbocycles. The summed E-state index contributed by atoms with van der Waals surface area (Å²) in [6, 6.07) is 11.7. The van der Waals surface area contributed by atoms with E-state index in [1.54, 1.807) is 6.92 Å². The predicted molar refractivity (Wildman–Crippen MR) is 108 cm³/mol. The van der Waals surface area contributed by atoms with Crippen molar-refractivity contribution in [1.29, 1.82) is 0 Å². The molecule has 0 spiro atoms. The maximum atomic E-state index is 12.4. The lowest BCUT2D eigenvalue weighted by atomic mass is 9.99. The molecule has 4 aromatic rings.